The Morgan fingerprint density at radius 3 is 2.44 bits per heavy atom. The molecule has 2 heteroatoms. The molecule has 0 unspecified atom stereocenters. The fraction of sp³-hybridized carbons (Fsp3) is 0.0714. The molecule has 0 heterocycles. The third kappa shape index (κ3) is 2.71. The van der Waals surface area contributed by atoms with Gasteiger partial charge < -0.3 is 0 Å². The van der Waals surface area contributed by atoms with E-state index in [2.05, 4.69) is 0 Å². The molecule has 2 aromatic carbocycles. The molecule has 0 bridgehead atoms. The zero-order valence-electron chi connectivity index (χ0n) is 8.69. The lowest BCUT2D eigenvalue weighted by atomic mass is 10.0. The predicted molar refractivity (Wildman–Crippen MR) is 66.1 cm³/mol. The normalized spacial score (nSPS) is 10.1. The van der Waals surface area contributed by atoms with Gasteiger partial charge in [0.2, 0.25) is 0 Å². The summed E-state index contributed by atoms with van der Waals surface area (Å²) in [5.41, 5.74) is 3.03. The maximum absolute atomic E-state index is 10.6. The van der Waals surface area contributed by atoms with Gasteiger partial charge in [-0.05, 0) is 35.7 Å². The van der Waals surface area contributed by atoms with Crippen LogP contribution in [-0.4, -0.2) is 6.29 Å². The van der Waals surface area contributed by atoms with Gasteiger partial charge in [-0.2, -0.15) is 0 Å². The smallest absolute Gasteiger partial charge is 0.150 e. The number of halogens is 1. The summed E-state index contributed by atoms with van der Waals surface area (Å²) in [6.07, 6.45) is 1.68. The molecule has 2 aromatic rings. The van der Waals surface area contributed by atoms with Crippen molar-refractivity contribution in [1.29, 1.82) is 0 Å². The van der Waals surface area contributed by atoms with E-state index in [0.717, 1.165) is 23.3 Å². The van der Waals surface area contributed by atoms with Gasteiger partial charge in [-0.25, -0.2) is 0 Å². The van der Waals surface area contributed by atoms with Crippen molar-refractivity contribution in [3.8, 4) is 0 Å². The highest BCUT2D eigenvalue weighted by Crippen LogP contribution is 2.14. The predicted octanol–water partition coefficient (Wildman–Crippen LogP) is 3.74. The summed E-state index contributed by atoms with van der Waals surface area (Å²) in [6.45, 7) is 0. The molecule has 0 aliphatic rings. The first-order valence-corrected chi connectivity index (χ1v) is 5.44. The van der Waals surface area contributed by atoms with Crippen LogP contribution in [0.15, 0.2) is 48.5 Å². The molecule has 0 N–H and O–H groups in total. The molecular formula is C14H11ClO. The zero-order valence-corrected chi connectivity index (χ0v) is 9.45. The van der Waals surface area contributed by atoms with Crippen LogP contribution in [0.1, 0.15) is 21.5 Å². The summed E-state index contributed by atoms with van der Waals surface area (Å²) in [5, 5.41) is 0.741. The van der Waals surface area contributed by atoms with Crippen LogP contribution in [0.4, 0.5) is 0 Å². The van der Waals surface area contributed by atoms with Crippen molar-refractivity contribution >= 4 is 17.9 Å². The summed E-state index contributed by atoms with van der Waals surface area (Å²) in [4.78, 5) is 10.6. The SMILES string of the molecule is O=Cc1cccc(Cc2ccc(Cl)cc2)c1. The van der Waals surface area contributed by atoms with Crippen molar-refractivity contribution in [3.05, 3.63) is 70.2 Å². The van der Waals surface area contributed by atoms with Crippen LogP contribution in [-0.2, 0) is 6.42 Å². The highest BCUT2D eigenvalue weighted by Gasteiger charge is 1.98. The van der Waals surface area contributed by atoms with E-state index in [1.165, 1.54) is 5.56 Å². The molecule has 0 spiro atoms. The average Bonchev–Trinajstić information content (AvgIpc) is 2.32. The largest absolute Gasteiger partial charge is 0.298 e. The lowest BCUT2D eigenvalue weighted by Gasteiger charge is -2.02. The van der Waals surface area contributed by atoms with Crippen LogP contribution in [0.3, 0.4) is 0 Å². The van der Waals surface area contributed by atoms with E-state index in [1.54, 1.807) is 6.07 Å². The maximum Gasteiger partial charge on any atom is 0.150 e. The minimum Gasteiger partial charge on any atom is -0.298 e. The van der Waals surface area contributed by atoms with Crippen molar-refractivity contribution < 1.29 is 4.79 Å². The number of rotatable bonds is 3. The van der Waals surface area contributed by atoms with E-state index in [9.17, 15) is 4.79 Å². The standard InChI is InChI=1S/C14H11ClO/c15-14-6-4-11(5-7-14)8-12-2-1-3-13(9-12)10-16/h1-7,9-10H,8H2. The second-order valence-corrected chi connectivity index (χ2v) is 4.10. The Hall–Kier alpha value is -1.60. The van der Waals surface area contributed by atoms with E-state index in [4.69, 9.17) is 11.6 Å². The molecule has 1 nitrogen and oxygen atoms in total. The molecule has 0 fully saturated rings. The fourth-order valence-corrected chi connectivity index (χ4v) is 1.74. The van der Waals surface area contributed by atoms with Crippen molar-refractivity contribution in [2.24, 2.45) is 0 Å². The van der Waals surface area contributed by atoms with Gasteiger partial charge in [-0.1, -0.05) is 41.9 Å². The Morgan fingerprint density at radius 1 is 1.00 bits per heavy atom. The molecule has 0 amide bonds. The van der Waals surface area contributed by atoms with Gasteiger partial charge in [0.25, 0.3) is 0 Å². The van der Waals surface area contributed by atoms with E-state index in [0.29, 0.717) is 5.56 Å². The quantitative estimate of drug-likeness (QED) is 0.734. The molecule has 0 saturated carbocycles. The van der Waals surface area contributed by atoms with Gasteiger partial charge in [-0.3, -0.25) is 4.79 Å². The Kier molecular flexibility index (Phi) is 3.37. The number of carbonyl (C=O) groups is 1. The van der Waals surface area contributed by atoms with Crippen molar-refractivity contribution in [2.45, 2.75) is 6.42 Å². The van der Waals surface area contributed by atoms with Crippen LogP contribution in [0.5, 0.6) is 0 Å². The van der Waals surface area contributed by atoms with Crippen LogP contribution in [0, 0.1) is 0 Å². The molecule has 2 rings (SSSR count). The Labute approximate surface area is 99.7 Å². The number of hydrogen-bond donors (Lipinski definition) is 0. The molecule has 0 aromatic heterocycles. The number of hydrogen-bond acceptors (Lipinski definition) is 1. The first-order chi connectivity index (χ1) is 7.78. The number of carbonyl (C=O) groups excluding carboxylic acids is 1. The number of benzene rings is 2. The summed E-state index contributed by atoms with van der Waals surface area (Å²) in [7, 11) is 0. The fourth-order valence-electron chi connectivity index (χ4n) is 1.61. The average molecular weight is 231 g/mol. The third-order valence-corrected chi connectivity index (χ3v) is 2.66. The molecule has 0 aliphatic carbocycles. The van der Waals surface area contributed by atoms with Crippen LogP contribution >= 0.6 is 11.6 Å². The Bertz CT molecular complexity index is 488. The molecule has 0 atom stereocenters. The first kappa shape index (κ1) is 10.9. The topological polar surface area (TPSA) is 17.1 Å². The van der Waals surface area contributed by atoms with Crippen LogP contribution in [0.2, 0.25) is 5.02 Å². The van der Waals surface area contributed by atoms with Gasteiger partial charge in [0.1, 0.15) is 6.29 Å². The van der Waals surface area contributed by atoms with Crippen LogP contribution < -0.4 is 0 Å². The van der Waals surface area contributed by atoms with Crippen molar-refractivity contribution in [1.82, 2.24) is 0 Å². The van der Waals surface area contributed by atoms with E-state index in [1.807, 2.05) is 42.5 Å². The highest BCUT2D eigenvalue weighted by molar-refractivity contribution is 6.30. The molecular weight excluding hydrogens is 220 g/mol. The highest BCUT2D eigenvalue weighted by atomic mass is 35.5. The molecule has 0 saturated heterocycles. The lowest BCUT2D eigenvalue weighted by Crippen LogP contribution is -1.89. The van der Waals surface area contributed by atoms with Crippen molar-refractivity contribution in [2.75, 3.05) is 0 Å². The first-order valence-electron chi connectivity index (χ1n) is 5.06. The summed E-state index contributed by atoms with van der Waals surface area (Å²) < 4.78 is 0. The van der Waals surface area contributed by atoms with Gasteiger partial charge in [0.15, 0.2) is 0 Å². The molecule has 80 valence electrons. The zero-order chi connectivity index (χ0) is 11.4. The molecule has 16 heavy (non-hydrogen) atoms. The molecule has 0 aliphatic heterocycles. The summed E-state index contributed by atoms with van der Waals surface area (Å²) in [6, 6.07) is 15.4. The van der Waals surface area contributed by atoms with Crippen molar-refractivity contribution in [3.63, 3.8) is 0 Å². The minimum absolute atomic E-state index is 0.714. The maximum atomic E-state index is 10.6. The lowest BCUT2D eigenvalue weighted by molar-refractivity contribution is 0.112. The van der Waals surface area contributed by atoms with Gasteiger partial charge in [0.05, 0.1) is 0 Å². The summed E-state index contributed by atoms with van der Waals surface area (Å²) in [5.74, 6) is 0. The monoisotopic (exact) mass is 230 g/mol. The van der Waals surface area contributed by atoms with Gasteiger partial charge in [-0.15, -0.1) is 0 Å². The Morgan fingerprint density at radius 2 is 1.75 bits per heavy atom. The number of aldehydes is 1. The van der Waals surface area contributed by atoms with Gasteiger partial charge in [0, 0.05) is 10.6 Å². The molecule has 0 radical (unpaired) electrons. The van der Waals surface area contributed by atoms with Crippen LogP contribution in [0.25, 0.3) is 0 Å². The second kappa shape index (κ2) is 4.95. The van der Waals surface area contributed by atoms with E-state index in [-0.39, 0.29) is 0 Å². The minimum atomic E-state index is 0.714. The second-order valence-electron chi connectivity index (χ2n) is 3.67. The summed E-state index contributed by atoms with van der Waals surface area (Å²) >= 11 is 5.82. The Balaban J connectivity index is 2.20. The van der Waals surface area contributed by atoms with E-state index >= 15 is 0 Å². The van der Waals surface area contributed by atoms with E-state index < -0.39 is 0 Å². The van der Waals surface area contributed by atoms with Gasteiger partial charge >= 0.3 is 0 Å². The third-order valence-electron chi connectivity index (χ3n) is 2.41.